The van der Waals surface area contributed by atoms with Gasteiger partial charge in [-0.2, -0.15) is 0 Å². The number of hydrogen-bond acceptors (Lipinski definition) is 7. The van der Waals surface area contributed by atoms with Gasteiger partial charge < -0.3 is 19.5 Å². The Morgan fingerprint density at radius 3 is 2.25 bits per heavy atom. The van der Waals surface area contributed by atoms with Crippen LogP contribution < -0.4 is 14.8 Å². The Bertz CT molecular complexity index is 620. The van der Waals surface area contributed by atoms with Crippen LogP contribution in [0, 0.1) is 16.0 Å². The lowest BCUT2D eigenvalue weighted by molar-refractivity contribution is -0.386. The van der Waals surface area contributed by atoms with Crippen molar-refractivity contribution in [2.75, 3.05) is 53.6 Å². The number of ether oxygens (including phenoxy) is 3. The van der Waals surface area contributed by atoms with Crippen LogP contribution in [0.3, 0.4) is 0 Å². The molecule has 160 valence electrons. The van der Waals surface area contributed by atoms with E-state index in [-0.39, 0.29) is 41.5 Å². The van der Waals surface area contributed by atoms with Gasteiger partial charge in [0, 0.05) is 45.4 Å². The van der Waals surface area contributed by atoms with E-state index in [1.807, 2.05) is 0 Å². The second-order valence-corrected chi connectivity index (χ2v) is 6.70. The molecule has 2 aliphatic heterocycles. The molecule has 2 aliphatic rings. The lowest BCUT2D eigenvalue weighted by Gasteiger charge is -2.40. The van der Waals surface area contributed by atoms with Crippen molar-refractivity contribution < 1.29 is 19.1 Å². The van der Waals surface area contributed by atoms with E-state index < -0.39 is 0 Å². The first-order valence-electron chi connectivity index (χ1n) is 9.08. The molecule has 1 N–H and O–H groups in total. The third-order valence-corrected chi connectivity index (χ3v) is 5.31. The molecule has 2 heterocycles. The number of methoxy groups -OCH3 is 2. The van der Waals surface area contributed by atoms with Gasteiger partial charge in [0.25, 0.3) is 5.69 Å². The number of piperazine rings is 1. The number of halogens is 2. The van der Waals surface area contributed by atoms with Gasteiger partial charge in [0.2, 0.25) is 0 Å². The van der Waals surface area contributed by atoms with Crippen molar-refractivity contribution in [3.8, 4) is 11.5 Å². The van der Waals surface area contributed by atoms with Gasteiger partial charge in [0.1, 0.15) is 0 Å². The zero-order valence-corrected chi connectivity index (χ0v) is 17.9. The summed E-state index contributed by atoms with van der Waals surface area (Å²) in [6.07, 6.45) is 1.81. The molecule has 2 fully saturated rings. The third kappa shape index (κ3) is 5.39. The fourth-order valence-corrected chi connectivity index (χ4v) is 4.02. The van der Waals surface area contributed by atoms with E-state index in [0.29, 0.717) is 36.2 Å². The Morgan fingerprint density at radius 2 is 1.71 bits per heavy atom. The zero-order valence-electron chi connectivity index (χ0n) is 16.2. The highest BCUT2D eigenvalue weighted by molar-refractivity contribution is 5.85. The summed E-state index contributed by atoms with van der Waals surface area (Å²) in [6.45, 7) is 4.92. The van der Waals surface area contributed by atoms with Crippen molar-refractivity contribution in [1.82, 2.24) is 10.2 Å². The van der Waals surface area contributed by atoms with E-state index >= 15 is 0 Å². The number of hydrogen-bond donors (Lipinski definition) is 1. The van der Waals surface area contributed by atoms with Crippen molar-refractivity contribution >= 4 is 30.5 Å². The number of nitrogens with one attached hydrogen (secondary N) is 1. The number of benzene rings is 1. The van der Waals surface area contributed by atoms with Gasteiger partial charge in [-0.1, -0.05) is 0 Å². The Morgan fingerprint density at radius 1 is 1.14 bits per heavy atom. The minimum Gasteiger partial charge on any atom is -0.493 e. The van der Waals surface area contributed by atoms with Crippen LogP contribution in [-0.2, 0) is 4.74 Å². The lowest BCUT2D eigenvalue weighted by atomic mass is 9.84. The molecule has 0 saturated carbocycles. The van der Waals surface area contributed by atoms with Gasteiger partial charge >= 0.3 is 0 Å². The first kappa shape index (κ1) is 24.7. The molecule has 1 aromatic carbocycles. The maximum atomic E-state index is 11.8. The molecule has 2 saturated heterocycles. The highest BCUT2D eigenvalue weighted by atomic mass is 35.5. The molecule has 1 atom stereocenters. The quantitative estimate of drug-likeness (QED) is 0.540. The Hall–Kier alpha value is -1.32. The topological polar surface area (TPSA) is 86.1 Å². The van der Waals surface area contributed by atoms with Crippen molar-refractivity contribution in [1.29, 1.82) is 0 Å². The van der Waals surface area contributed by atoms with E-state index in [0.717, 1.165) is 39.0 Å². The van der Waals surface area contributed by atoms with E-state index in [1.165, 1.54) is 13.2 Å². The van der Waals surface area contributed by atoms with Crippen LogP contribution in [0.25, 0.3) is 0 Å². The zero-order chi connectivity index (χ0) is 18.5. The van der Waals surface area contributed by atoms with Crippen LogP contribution in [0.2, 0.25) is 0 Å². The first-order valence-corrected chi connectivity index (χ1v) is 9.08. The van der Waals surface area contributed by atoms with Gasteiger partial charge in [-0.05, 0) is 24.8 Å². The van der Waals surface area contributed by atoms with Crippen LogP contribution in [0.15, 0.2) is 12.1 Å². The molecular weight excluding hydrogens is 409 g/mol. The van der Waals surface area contributed by atoms with E-state index in [4.69, 9.17) is 14.2 Å². The predicted molar refractivity (Wildman–Crippen MR) is 111 cm³/mol. The predicted octanol–water partition coefficient (Wildman–Crippen LogP) is 2.83. The van der Waals surface area contributed by atoms with E-state index in [1.54, 1.807) is 13.2 Å². The molecule has 1 aromatic rings. The van der Waals surface area contributed by atoms with Crippen molar-refractivity contribution in [3.05, 3.63) is 27.8 Å². The molecule has 3 rings (SSSR count). The molecule has 0 aliphatic carbocycles. The monoisotopic (exact) mass is 437 g/mol. The fourth-order valence-electron chi connectivity index (χ4n) is 4.02. The molecular formula is C18H29Cl2N3O5. The van der Waals surface area contributed by atoms with Gasteiger partial charge in [-0.3, -0.25) is 15.0 Å². The van der Waals surface area contributed by atoms with Gasteiger partial charge in [0.15, 0.2) is 11.5 Å². The molecule has 0 bridgehead atoms. The average molecular weight is 438 g/mol. The Kier molecular flexibility index (Phi) is 10.3. The summed E-state index contributed by atoms with van der Waals surface area (Å²) in [5.41, 5.74) is 0.805. The molecule has 0 amide bonds. The highest BCUT2D eigenvalue weighted by Crippen LogP contribution is 2.44. The second-order valence-electron chi connectivity index (χ2n) is 6.70. The Labute approximate surface area is 177 Å². The SMILES string of the molecule is COc1cc([C@H](C2CCOCC2)N2CCNCC2)c([N+](=O)[O-])cc1OC.Cl.Cl. The van der Waals surface area contributed by atoms with Gasteiger partial charge in [-0.15, -0.1) is 24.8 Å². The van der Waals surface area contributed by atoms with Crippen LogP contribution in [0.1, 0.15) is 24.4 Å². The molecule has 0 radical (unpaired) electrons. The summed E-state index contributed by atoms with van der Waals surface area (Å²) >= 11 is 0. The Balaban J connectivity index is 0.00000196. The van der Waals surface area contributed by atoms with Crippen LogP contribution in [-0.4, -0.2) is 63.4 Å². The summed E-state index contributed by atoms with van der Waals surface area (Å²) in [4.78, 5) is 13.9. The van der Waals surface area contributed by atoms with Crippen molar-refractivity contribution in [2.45, 2.75) is 18.9 Å². The smallest absolute Gasteiger partial charge is 0.278 e. The standard InChI is InChI=1S/C18H27N3O5.2ClH/c1-24-16-11-14(15(21(22)23)12-17(16)25-2)18(13-3-9-26-10-4-13)20-7-5-19-6-8-20;;/h11-13,18-19H,3-10H2,1-2H3;2*1H/t18-;;/m0../s1. The van der Waals surface area contributed by atoms with Crippen LogP contribution >= 0.6 is 24.8 Å². The van der Waals surface area contributed by atoms with E-state index in [2.05, 4.69) is 10.2 Å². The van der Waals surface area contributed by atoms with Crippen molar-refractivity contribution in [3.63, 3.8) is 0 Å². The molecule has 28 heavy (non-hydrogen) atoms. The molecule has 0 aromatic heterocycles. The number of rotatable bonds is 6. The maximum Gasteiger partial charge on any atom is 0.278 e. The fraction of sp³-hybridized carbons (Fsp3) is 0.667. The summed E-state index contributed by atoms with van der Waals surface area (Å²) in [5.74, 6) is 1.23. The summed E-state index contributed by atoms with van der Waals surface area (Å²) in [7, 11) is 3.05. The average Bonchev–Trinajstić information content (AvgIpc) is 2.69. The summed E-state index contributed by atoms with van der Waals surface area (Å²) in [6, 6.07) is 3.25. The molecule has 0 spiro atoms. The minimum absolute atomic E-state index is 0. The van der Waals surface area contributed by atoms with Crippen LogP contribution in [0.4, 0.5) is 5.69 Å². The highest BCUT2D eigenvalue weighted by Gasteiger charge is 2.36. The second kappa shape index (κ2) is 11.6. The maximum absolute atomic E-state index is 11.8. The largest absolute Gasteiger partial charge is 0.493 e. The van der Waals surface area contributed by atoms with Gasteiger partial charge in [-0.25, -0.2) is 0 Å². The summed E-state index contributed by atoms with van der Waals surface area (Å²) in [5, 5.41) is 15.2. The molecule has 0 unspecified atom stereocenters. The van der Waals surface area contributed by atoms with Crippen molar-refractivity contribution in [2.24, 2.45) is 5.92 Å². The first-order chi connectivity index (χ1) is 12.7. The lowest BCUT2D eigenvalue weighted by Crippen LogP contribution is -2.47. The number of nitro benzene ring substituents is 1. The number of nitrogens with zero attached hydrogens (tertiary/aromatic N) is 2. The normalized spacial score (nSPS) is 19.1. The van der Waals surface area contributed by atoms with Gasteiger partial charge in [0.05, 0.1) is 30.8 Å². The number of nitro groups is 1. The molecule has 8 nitrogen and oxygen atoms in total. The summed E-state index contributed by atoms with van der Waals surface area (Å²) < 4.78 is 16.2. The van der Waals surface area contributed by atoms with E-state index in [9.17, 15) is 10.1 Å². The third-order valence-electron chi connectivity index (χ3n) is 5.31. The minimum atomic E-state index is -0.314. The molecule has 10 heteroatoms. The van der Waals surface area contributed by atoms with Crippen LogP contribution in [0.5, 0.6) is 11.5 Å².